The second kappa shape index (κ2) is 7.44. The maximum Gasteiger partial charge on any atom is 0.276 e. The predicted molar refractivity (Wildman–Crippen MR) is 97.3 cm³/mol. The van der Waals surface area contributed by atoms with E-state index in [1.807, 2.05) is 4.90 Å². The average Bonchev–Trinajstić information content (AvgIpc) is 3.26. The summed E-state index contributed by atoms with van der Waals surface area (Å²) in [6.45, 7) is 6.65. The molecule has 0 radical (unpaired) electrons. The number of aromatic hydroxyl groups is 1. The molecular formula is C19H26N4O4. The van der Waals surface area contributed by atoms with E-state index in [0.29, 0.717) is 19.5 Å². The largest absolute Gasteiger partial charge is 0.505 e. The SMILES string of the molecule is O=C(c1ncccc1O)N1CCC2(CCN(CCN3CCOCC3)C2=O)C1. The Bertz CT molecular complexity index is 721. The predicted octanol–water partition coefficient (Wildman–Crippen LogP) is 0.184. The summed E-state index contributed by atoms with van der Waals surface area (Å²) in [5.74, 6) is -0.255. The van der Waals surface area contributed by atoms with E-state index in [1.165, 1.54) is 12.3 Å². The highest BCUT2D eigenvalue weighted by molar-refractivity contribution is 5.96. The lowest BCUT2D eigenvalue weighted by Gasteiger charge is -2.29. The number of hydrogen-bond donors (Lipinski definition) is 1. The first kappa shape index (κ1) is 18.2. The minimum Gasteiger partial charge on any atom is -0.505 e. The van der Waals surface area contributed by atoms with Crippen LogP contribution in [0.1, 0.15) is 23.3 Å². The van der Waals surface area contributed by atoms with Crippen LogP contribution in [0, 0.1) is 5.41 Å². The summed E-state index contributed by atoms with van der Waals surface area (Å²) in [5.41, 5.74) is -0.408. The Morgan fingerprint density at radius 3 is 2.74 bits per heavy atom. The Balaban J connectivity index is 1.36. The van der Waals surface area contributed by atoms with Gasteiger partial charge in [0, 0.05) is 52.0 Å². The van der Waals surface area contributed by atoms with E-state index in [0.717, 1.165) is 52.4 Å². The number of pyridine rings is 1. The van der Waals surface area contributed by atoms with Gasteiger partial charge in [-0.05, 0) is 25.0 Å². The van der Waals surface area contributed by atoms with Crippen LogP contribution < -0.4 is 0 Å². The molecule has 8 nitrogen and oxygen atoms in total. The van der Waals surface area contributed by atoms with E-state index in [9.17, 15) is 14.7 Å². The molecule has 1 unspecified atom stereocenters. The van der Waals surface area contributed by atoms with Crippen LogP contribution in [0.25, 0.3) is 0 Å². The molecule has 1 aromatic heterocycles. The molecule has 0 bridgehead atoms. The highest BCUT2D eigenvalue weighted by atomic mass is 16.5. The van der Waals surface area contributed by atoms with Crippen molar-refractivity contribution in [2.45, 2.75) is 12.8 Å². The van der Waals surface area contributed by atoms with Crippen LogP contribution in [0.15, 0.2) is 18.3 Å². The third kappa shape index (κ3) is 3.51. The minimum atomic E-state index is -0.467. The van der Waals surface area contributed by atoms with Crippen molar-refractivity contribution in [1.82, 2.24) is 19.7 Å². The molecule has 3 fully saturated rings. The van der Waals surface area contributed by atoms with Crippen molar-refractivity contribution < 1.29 is 19.4 Å². The fraction of sp³-hybridized carbons (Fsp3) is 0.632. The molecule has 1 spiro atoms. The van der Waals surface area contributed by atoms with Crippen molar-refractivity contribution in [3.05, 3.63) is 24.0 Å². The highest BCUT2D eigenvalue weighted by Gasteiger charge is 2.51. The summed E-state index contributed by atoms with van der Waals surface area (Å²) in [6, 6.07) is 3.05. The first-order valence-electron chi connectivity index (χ1n) is 9.62. The topological polar surface area (TPSA) is 86.2 Å². The maximum absolute atomic E-state index is 13.1. The first-order chi connectivity index (χ1) is 13.1. The van der Waals surface area contributed by atoms with Crippen LogP contribution in [0.3, 0.4) is 0 Å². The zero-order chi connectivity index (χ0) is 18.9. The molecule has 4 rings (SSSR count). The number of hydrogen-bond acceptors (Lipinski definition) is 6. The van der Waals surface area contributed by atoms with Crippen molar-refractivity contribution in [1.29, 1.82) is 0 Å². The highest BCUT2D eigenvalue weighted by Crippen LogP contribution is 2.41. The minimum absolute atomic E-state index is 0.0594. The summed E-state index contributed by atoms with van der Waals surface area (Å²) in [5, 5.41) is 9.89. The second-order valence-corrected chi connectivity index (χ2v) is 7.62. The monoisotopic (exact) mass is 374 g/mol. The van der Waals surface area contributed by atoms with Gasteiger partial charge >= 0.3 is 0 Å². The number of ether oxygens (including phenoxy) is 1. The molecule has 8 heteroatoms. The molecule has 1 atom stereocenters. The number of rotatable bonds is 4. The van der Waals surface area contributed by atoms with E-state index >= 15 is 0 Å². The van der Waals surface area contributed by atoms with Gasteiger partial charge in [0.25, 0.3) is 5.91 Å². The van der Waals surface area contributed by atoms with Gasteiger partial charge in [-0.3, -0.25) is 14.5 Å². The molecule has 27 heavy (non-hydrogen) atoms. The lowest BCUT2D eigenvalue weighted by Crippen LogP contribution is -2.44. The molecule has 146 valence electrons. The number of carbonyl (C=O) groups excluding carboxylic acids is 2. The number of amides is 2. The second-order valence-electron chi connectivity index (χ2n) is 7.62. The summed E-state index contributed by atoms with van der Waals surface area (Å²) >= 11 is 0. The Hall–Kier alpha value is -2.19. The average molecular weight is 374 g/mol. The van der Waals surface area contributed by atoms with Crippen molar-refractivity contribution in [3.8, 4) is 5.75 Å². The summed E-state index contributed by atoms with van der Waals surface area (Å²) < 4.78 is 5.37. The number of nitrogens with zero attached hydrogens (tertiary/aromatic N) is 4. The Labute approximate surface area is 158 Å². The van der Waals surface area contributed by atoms with Gasteiger partial charge in [-0.15, -0.1) is 0 Å². The van der Waals surface area contributed by atoms with Crippen LogP contribution in [0.2, 0.25) is 0 Å². The Morgan fingerprint density at radius 2 is 1.96 bits per heavy atom. The van der Waals surface area contributed by atoms with Gasteiger partial charge in [0.15, 0.2) is 5.69 Å². The molecule has 3 aliphatic heterocycles. The number of morpholine rings is 1. The Morgan fingerprint density at radius 1 is 1.19 bits per heavy atom. The first-order valence-corrected chi connectivity index (χ1v) is 9.62. The lowest BCUT2D eigenvalue weighted by atomic mass is 9.85. The smallest absolute Gasteiger partial charge is 0.276 e. The molecule has 3 aliphatic rings. The van der Waals surface area contributed by atoms with E-state index in [1.54, 1.807) is 11.0 Å². The molecule has 1 N–H and O–H groups in total. The Kier molecular flexibility index (Phi) is 5.01. The van der Waals surface area contributed by atoms with Crippen LogP contribution in [0.4, 0.5) is 0 Å². The molecule has 0 aromatic carbocycles. The third-order valence-corrected chi connectivity index (χ3v) is 6.02. The van der Waals surface area contributed by atoms with Crippen molar-refractivity contribution in [2.24, 2.45) is 5.41 Å². The van der Waals surface area contributed by atoms with Crippen molar-refractivity contribution in [2.75, 3.05) is 59.0 Å². The summed E-state index contributed by atoms with van der Waals surface area (Å²) in [7, 11) is 0. The van der Waals surface area contributed by atoms with Crippen molar-refractivity contribution >= 4 is 11.8 Å². The standard InChI is InChI=1S/C19H26N4O4/c24-15-2-1-5-20-16(15)17(25)23-7-4-19(14-23)3-6-22(18(19)26)9-8-21-10-12-27-13-11-21/h1-2,5,24H,3-4,6-14H2. The van der Waals surface area contributed by atoms with Crippen LogP contribution in [0.5, 0.6) is 5.75 Å². The maximum atomic E-state index is 13.1. The zero-order valence-electron chi connectivity index (χ0n) is 15.5. The zero-order valence-corrected chi connectivity index (χ0v) is 15.5. The molecule has 4 heterocycles. The van der Waals surface area contributed by atoms with E-state index in [2.05, 4.69) is 9.88 Å². The number of aromatic nitrogens is 1. The van der Waals surface area contributed by atoms with E-state index < -0.39 is 5.41 Å². The van der Waals surface area contributed by atoms with Crippen molar-refractivity contribution in [3.63, 3.8) is 0 Å². The van der Waals surface area contributed by atoms with Gasteiger partial charge < -0.3 is 19.6 Å². The lowest BCUT2D eigenvalue weighted by molar-refractivity contribution is -0.135. The molecule has 0 saturated carbocycles. The van der Waals surface area contributed by atoms with Gasteiger partial charge in [-0.1, -0.05) is 0 Å². The molecule has 2 amide bonds. The molecule has 3 saturated heterocycles. The van der Waals surface area contributed by atoms with Gasteiger partial charge in [0.05, 0.1) is 18.6 Å². The van der Waals surface area contributed by atoms with Gasteiger partial charge in [-0.25, -0.2) is 4.98 Å². The quantitative estimate of drug-likeness (QED) is 0.809. The fourth-order valence-electron chi connectivity index (χ4n) is 4.33. The van der Waals surface area contributed by atoms with Gasteiger partial charge in [-0.2, -0.15) is 0 Å². The van der Waals surface area contributed by atoms with Crippen LogP contribution >= 0.6 is 0 Å². The van der Waals surface area contributed by atoms with Crippen LogP contribution in [-0.4, -0.2) is 95.6 Å². The third-order valence-electron chi connectivity index (χ3n) is 6.02. The number of likely N-dealkylation sites (tertiary alicyclic amines) is 2. The molecular weight excluding hydrogens is 348 g/mol. The number of carbonyl (C=O) groups is 2. The van der Waals surface area contributed by atoms with E-state index in [4.69, 9.17) is 4.74 Å². The van der Waals surface area contributed by atoms with Gasteiger partial charge in [0.1, 0.15) is 5.75 Å². The summed E-state index contributed by atoms with van der Waals surface area (Å²) in [4.78, 5) is 35.7. The fourth-order valence-corrected chi connectivity index (χ4v) is 4.33. The normalized spacial score (nSPS) is 26.3. The summed E-state index contributed by atoms with van der Waals surface area (Å²) in [6.07, 6.45) is 2.96. The molecule has 1 aromatic rings. The van der Waals surface area contributed by atoms with Crippen LogP contribution in [-0.2, 0) is 9.53 Å². The molecule has 0 aliphatic carbocycles. The van der Waals surface area contributed by atoms with E-state index in [-0.39, 0.29) is 23.3 Å². The van der Waals surface area contributed by atoms with Gasteiger partial charge in [0.2, 0.25) is 5.91 Å².